The summed E-state index contributed by atoms with van der Waals surface area (Å²) in [7, 11) is 0. The molecular formula is C7H10NOS. The van der Waals surface area contributed by atoms with E-state index in [0.717, 1.165) is 23.6 Å². The molecule has 3 heteroatoms. The summed E-state index contributed by atoms with van der Waals surface area (Å²) in [4.78, 5) is 14.3. The van der Waals surface area contributed by atoms with Crippen molar-refractivity contribution in [3.63, 3.8) is 0 Å². The zero-order valence-corrected chi connectivity index (χ0v) is 6.78. The highest BCUT2D eigenvalue weighted by molar-refractivity contribution is 8.14. The van der Waals surface area contributed by atoms with Gasteiger partial charge in [-0.1, -0.05) is 0 Å². The van der Waals surface area contributed by atoms with E-state index in [0.29, 0.717) is 0 Å². The van der Waals surface area contributed by atoms with Crippen molar-refractivity contribution in [2.45, 2.75) is 19.8 Å². The van der Waals surface area contributed by atoms with Crippen molar-refractivity contribution in [3.05, 3.63) is 6.42 Å². The molecule has 1 amide bonds. The van der Waals surface area contributed by atoms with Crippen LogP contribution < -0.4 is 0 Å². The van der Waals surface area contributed by atoms with Crippen LogP contribution in [0.25, 0.3) is 0 Å². The lowest BCUT2D eigenvalue weighted by molar-refractivity contribution is -0.115. The van der Waals surface area contributed by atoms with E-state index >= 15 is 0 Å². The third kappa shape index (κ3) is 2.52. The second kappa shape index (κ2) is 3.76. The Hall–Kier alpha value is -0.310. The maximum atomic E-state index is 10.5. The summed E-state index contributed by atoms with van der Waals surface area (Å²) in [6.07, 6.45) is 4.18. The van der Waals surface area contributed by atoms with Gasteiger partial charge in [-0.15, -0.1) is 11.8 Å². The fourth-order valence-electron chi connectivity index (χ4n) is 0.798. The Morgan fingerprint density at radius 3 is 3.10 bits per heavy atom. The van der Waals surface area contributed by atoms with Crippen molar-refractivity contribution in [1.82, 2.24) is 0 Å². The van der Waals surface area contributed by atoms with Gasteiger partial charge in [-0.3, -0.25) is 4.79 Å². The Labute approximate surface area is 65.1 Å². The van der Waals surface area contributed by atoms with E-state index in [4.69, 9.17) is 0 Å². The number of hydrogen-bond acceptors (Lipinski definition) is 2. The van der Waals surface area contributed by atoms with Crippen molar-refractivity contribution in [2.24, 2.45) is 4.99 Å². The highest BCUT2D eigenvalue weighted by Gasteiger charge is 2.07. The average molecular weight is 156 g/mol. The van der Waals surface area contributed by atoms with Crippen molar-refractivity contribution < 1.29 is 4.79 Å². The molecule has 0 saturated carbocycles. The first-order chi connectivity index (χ1) is 4.79. The molecule has 2 nitrogen and oxygen atoms in total. The molecule has 0 aromatic heterocycles. The van der Waals surface area contributed by atoms with Crippen LogP contribution in [0.3, 0.4) is 0 Å². The molecule has 1 rings (SSSR count). The summed E-state index contributed by atoms with van der Waals surface area (Å²) in [6, 6.07) is 0. The first kappa shape index (κ1) is 7.79. The Morgan fingerprint density at radius 2 is 2.60 bits per heavy atom. The Bertz CT molecular complexity index is 157. The second-order valence-corrected chi connectivity index (χ2v) is 3.32. The van der Waals surface area contributed by atoms with Gasteiger partial charge in [-0.2, -0.15) is 0 Å². The van der Waals surface area contributed by atoms with Gasteiger partial charge in [0.15, 0.2) is 0 Å². The lowest BCUT2D eigenvalue weighted by Gasteiger charge is -2.09. The van der Waals surface area contributed by atoms with Gasteiger partial charge in [0.1, 0.15) is 0 Å². The van der Waals surface area contributed by atoms with Crippen LogP contribution >= 0.6 is 11.8 Å². The Balaban J connectivity index is 2.45. The fraction of sp³-hybridized carbons (Fsp3) is 0.571. The van der Waals surface area contributed by atoms with Crippen LogP contribution in [0.2, 0.25) is 0 Å². The standard InChI is InChI=1S/C7H10NOS/c1-6(9)8-7-4-2-3-5-10-7/h2H,3-5H2,1H3. The van der Waals surface area contributed by atoms with Crippen LogP contribution in [-0.2, 0) is 4.79 Å². The summed E-state index contributed by atoms with van der Waals surface area (Å²) in [6.45, 7) is 1.49. The van der Waals surface area contributed by atoms with Crippen molar-refractivity contribution in [3.8, 4) is 0 Å². The second-order valence-electron chi connectivity index (χ2n) is 2.15. The maximum absolute atomic E-state index is 10.5. The smallest absolute Gasteiger partial charge is 0.243 e. The van der Waals surface area contributed by atoms with E-state index in [1.54, 1.807) is 11.8 Å². The molecule has 1 radical (unpaired) electrons. The summed E-state index contributed by atoms with van der Waals surface area (Å²) in [5.74, 6) is 0.990. The third-order valence-corrected chi connectivity index (χ3v) is 2.22. The highest BCUT2D eigenvalue weighted by Crippen LogP contribution is 2.18. The molecule has 1 aliphatic rings. The Morgan fingerprint density at radius 1 is 1.80 bits per heavy atom. The first-order valence-corrected chi connectivity index (χ1v) is 4.30. The van der Waals surface area contributed by atoms with Crippen LogP contribution in [0.15, 0.2) is 4.99 Å². The highest BCUT2D eigenvalue weighted by atomic mass is 32.2. The summed E-state index contributed by atoms with van der Waals surface area (Å²) in [5.41, 5.74) is 0. The molecule has 0 aromatic carbocycles. The number of rotatable bonds is 0. The molecule has 0 N–H and O–H groups in total. The average Bonchev–Trinajstić information content (AvgIpc) is 1.88. The van der Waals surface area contributed by atoms with Crippen molar-refractivity contribution >= 4 is 22.7 Å². The van der Waals surface area contributed by atoms with E-state index in [1.165, 1.54) is 6.92 Å². The van der Waals surface area contributed by atoms with E-state index in [1.807, 2.05) is 0 Å². The predicted molar refractivity (Wildman–Crippen MR) is 44.1 cm³/mol. The van der Waals surface area contributed by atoms with Gasteiger partial charge in [0.25, 0.3) is 0 Å². The first-order valence-electron chi connectivity index (χ1n) is 3.31. The van der Waals surface area contributed by atoms with Gasteiger partial charge < -0.3 is 0 Å². The summed E-state index contributed by atoms with van der Waals surface area (Å²) in [5, 5.41) is 0.971. The molecule has 0 spiro atoms. The number of hydrogen-bond donors (Lipinski definition) is 0. The van der Waals surface area contributed by atoms with Gasteiger partial charge in [-0.05, 0) is 25.0 Å². The minimum atomic E-state index is -0.0854. The molecule has 0 unspecified atom stereocenters. The monoisotopic (exact) mass is 156 g/mol. The Kier molecular flexibility index (Phi) is 2.93. The molecule has 0 bridgehead atoms. The largest absolute Gasteiger partial charge is 0.273 e. The third-order valence-electron chi connectivity index (χ3n) is 1.19. The number of aliphatic imine (C=N–C) groups is 1. The SMILES string of the molecule is CC(=O)N=C1C[CH]CCS1. The number of carbonyl (C=O) groups is 1. The molecule has 0 aromatic rings. The molecule has 0 atom stereocenters. The van der Waals surface area contributed by atoms with E-state index < -0.39 is 0 Å². The molecule has 55 valence electrons. The topological polar surface area (TPSA) is 29.4 Å². The van der Waals surface area contributed by atoms with E-state index in [9.17, 15) is 4.79 Å². The van der Waals surface area contributed by atoms with Crippen molar-refractivity contribution in [2.75, 3.05) is 5.75 Å². The number of amides is 1. The summed E-state index contributed by atoms with van der Waals surface area (Å²) >= 11 is 1.69. The minimum Gasteiger partial charge on any atom is -0.273 e. The fourth-order valence-corrected chi connectivity index (χ4v) is 1.75. The van der Waals surface area contributed by atoms with Crippen LogP contribution in [0.1, 0.15) is 19.8 Å². The van der Waals surface area contributed by atoms with Gasteiger partial charge in [0.2, 0.25) is 5.91 Å². The molecule has 0 aliphatic carbocycles. The molecule has 1 aliphatic heterocycles. The van der Waals surface area contributed by atoms with Crippen LogP contribution in [0, 0.1) is 6.42 Å². The van der Waals surface area contributed by atoms with Gasteiger partial charge >= 0.3 is 0 Å². The van der Waals surface area contributed by atoms with E-state index in [2.05, 4.69) is 11.4 Å². The minimum absolute atomic E-state index is 0.0854. The lowest BCUT2D eigenvalue weighted by atomic mass is 10.2. The quantitative estimate of drug-likeness (QED) is 0.534. The zero-order chi connectivity index (χ0) is 7.40. The molecule has 10 heavy (non-hydrogen) atoms. The van der Waals surface area contributed by atoms with Gasteiger partial charge in [0, 0.05) is 6.92 Å². The summed E-state index contributed by atoms with van der Waals surface area (Å²) < 4.78 is 0. The number of nitrogens with zero attached hydrogens (tertiary/aromatic N) is 1. The molecule has 1 saturated heterocycles. The van der Waals surface area contributed by atoms with Gasteiger partial charge in [-0.25, -0.2) is 4.99 Å². The molecular weight excluding hydrogens is 146 g/mol. The predicted octanol–water partition coefficient (Wildman–Crippen LogP) is 1.66. The normalized spacial score (nSPS) is 23.1. The van der Waals surface area contributed by atoms with E-state index in [-0.39, 0.29) is 5.91 Å². The van der Waals surface area contributed by atoms with Crippen LogP contribution in [0.4, 0.5) is 0 Å². The number of thioether (sulfide) groups is 1. The van der Waals surface area contributed by atoms with Gasteiger partial charge in [0.05, 0.1) is 5.04 Å². The van der Waals surface area contributed by atoms with Crippen LogP contribution in [-0.4, -0.2) is 16.7 Å². The molecule has 1 fully saturated rings. The van der Waals surface area contributed by atoms with Crippen molar-refractivity contribution in [1.29, 1.82) is 0 Å². The van der Waals surface area contributed by atoms with Crippen LogP contribution in [0.5, 0.6) is 0 Å². The maximum Gasteiger partial charge on any atom is 0.243 e. The zero-order valence-electron chi connectivity index (χ0n) is 5.96. The molecule has 1 heterocycles. The number of carbonyl (C=O) groups excluding carboxylic acids is 1. The lowest BCUT2D eigenvalue weighted by Crippen LogP contribution is -2.04.